The molecule has 0 aromatic heterocycles. The predicted molar refractivity (Wildman–Crippen MR) is 50.8 cm³/mol. The molecule has 1 N–H and O–H groups in total. The summed E-state index contributed by atoms with van der Waals surface area (Å²) in [7, 11) is 1.52. The summed E-state index contributed by atoms with van der Waals surface area (Å²) in [4.78, 5) is 0. The summed E-state index contributed by atoms with van der Waals surface area (Å²) in [6, 6.07) is 0. The summed E-state index contributed by atoms with van der Waals surface area (Å²) in [5.41, 5.74) is 0. The van der Waals surface area contributed by atoms with E-state index in [4.69, 9.17) is 9.84 Å². The van der Waals surface area contributed by atoms with E-state index in [1.807, 2.05) is 0 Å². The van der Waals surface area contributed by atoms with E-state index in [2.05, 4.69) is 4.74 Å². The Hall–Kier alpha value is 1.36. The molecule has 0 radical (unpaired) electrons. The third-order valence-corrected chi connectivity index (χ3v) is 0.721. The summed E-state index contributed by atoms with van der Waals surface area (Å²) in [5.74, 6) is 0. The zero-order valence-corrected chi connectivity index (χ0v) is 6.64. The van der Waals surface area contributed by atoms with Gasteiger partial charge in [0.25, 0.3) is 0 Å². The molecule has 2 unspecified atom stereocenters. The summed E-state index contributed by atoms with van der Waals surface area (Å²) >= 11 is 0. The van der Waals surface area contributed by atoms with Crippen molar-refractivity contribution in [2.75, 3.05) is 7.11 Å². The average Bonchev–Trinajstić information content (AvgIpc) is 1.65. The topological polar surface area (TPSA) is 38.7 Å². The van der Waals surface area contributed by atoms with Gasteiger partial charge in [0.05, 0.1) is 0 Å². The van der Waals surface area contributed by atoms with Crippen LogP contribution in [0.3, 0.4) is 0 Å². The minimum absolute atomic E-state index is 0. The van der Waals surface area contributed by atoms with Crippen LogP contribution >= 0.6 is 12.4 Å². The third kappa shape index (κ3) is 18.4. The fourth-order valence-electron chi connectivity index (χ4n) is 0.333. The molecule has 2 atom stereocenters. The Morgan fingerprint density at radius 1 is 1.18 bits per heavy atom. The van der Waals surface area contributed by atoms with E-state index < -0.39 is 6.29 Å². The van der Waals surface area contributed by atoms with Gasteiger partial charge in [-0.15, -0.1) is 12.4 Å². The number of ether oxygens (including phenoxy) is 2. The van der Waals surface area contributed by atoms with E-state index in [0.717, 1.165) is 0 Å². The standard InChI is InChI=1S/C5H12O3.ClH.2Li.2H/c1-4(6)8-5(2)7-3;;;;;/h4-6H,1-3H3;1H;;;;. The number of aliphatic hydroxyl groups is 1. The zero-order chi connectivity index (χ0) is 6.57. The Balaban J connectivity index is -0.0000000817. The first-order valence-electron chi connectivity index (χ1n) is 2.53. The van der Waals surface area contributed by atoms with Crippen molar-refractivity contribution >= 4 is 50.1 Å². The molecule has 0 heterocycles. The first-order valence-corrected chi connectivity index (χ1v) is 2.53. The molecular weight excluding hydrogens is 157 g/mol. The van der Waals surface area contributed by atoms with Gasteiger partial charge in [0.2, 0.25) is 0 Å². The summed E-state index contributed by atoms with van der Waals surface area (Å²) < 4.78 is 9.41. The van der Waals surface area contributed by atoms with Gasteiger partial charge >= 0.3 is 37.7 Å². The molecule has 0 aliphatic rings. The monoisotopic (exact) mass is 172 g/mol. The van der Waals surface area contributed by atoms with Gasteiger partial charge in [0.15, 0.2) is 12.6 Å². The molecule has 0 aliphatic heterocycles. The summed E-state index contributed by atoms with van der Waals surface area (Å²) in [5, 5.41) is 8.55. The van der Waals surface area contributed by atoms with Crippen molar-refractivity contribution in [3.8, 4) is 0 Å². The van der Waals surface area contributed by atoms with Crippen LogP contribution in [0.15, 0.2) is 0 Å². The van der Waals surface area contributed by atoms with E-state index in [0.29, 0.717) is 0 Å². The number of aliphatic hydroxyl groups excluding tert-OH is 1. The Morgan fingerprint density at radius 2 is 1.55 bits per heavy atom. The van der Waals surface area contributed by atoms with Crippen molar-refractivity contribution < 1.29 is 14.6 Å². The zero-order valence-electron chi connectivity index (χ0n) is 5.83. The van der Waals surface area contributed by atoms with Gasteiger partial charge in [-0.25, -0.2) is 0 Å². The van der Waals surface area contributed by atoms with Crippen LogP contribution < -0.4 is 0 Å². The van der Waals surface area contributed by atoms with Crippen LogP contribution in [0.5, 0.6) is 0 Å². The second-order valence-corrected chi connectivity index (χ2v) is 1.54. The number of hydrogen-bond donors (Lipinski definition) is 1. The van der Waals surface area contributed by atoms with Crippen LogP contribution in [0.2, 0.25) is 0 Å². The van der Waals surface area contributed by atoms with Crippen molar-refractivity contribution in [3.63, 3.8) is 0 Å². The molecular formula is C5H15ClLi2O3. The molecule has 11 heavy (non-hydrogen) atoms. The fraction of sp³-hybridized carbons (Fsp3) is 1.00. The molecule has 0 aromatic carbocycles. The molecule has 3 nitrogen and oxygen atoms in total. The Bertz CT molecular complexity index is 65.7. The molecule has 0 amide bonds. The van der Waals surface area contributed by atoms with E-state index in [-0.39, 0.29) is 56.4 Å². The van der Waals surface area contributed by atoms with Gasteiger partial charge in [0, 0.05) is 7.11 Å². The summed E-state index contributed by atoms with van der Waals surface area (Å²) in [6.07, 6.45) is -1.07. The third-order valence-electron chi connectivity index (χ3n) is 0.721. The average molecular weight is 173 g/mol. The molecule has 0 fully saturated rings. The molecule has 0 aliphatic carbocycles. The number of halogens is 1. The van der Waals surface area contributed by atoms with E-state index >= 15 is 0 Å². The molecule has 0 bridgehead atoms. The Kier molecular flexibility index (Phi) is 28.9. The number of methoxy groups -OCH3 is 1. The molecule has 0 aromatic rings. The SMILES string of the molecule is COC(C)OC(C)O.Cl.[LiH].[LiH]. The first-order chi connectivity index (χ1) is 3.66. The summed E-state index contributed by atoms with van der Waals surface area (Å²) in [6.45, 7) is 3.25. The second-order valence-electron chi connectivity index (χ2n) is 1.54. The van der Waals surface area contributed by atoms with Crippen LogP contribution in [0, 0.1) is 0 Å². The molecule has 0 rings (SSSR count). The van der Waals surface area contributed by atoms with Crippen LogP contribution in [0.1, 0.15) is 13.8 Å². The fourth-order valence-corrected chi connectivity index (χ4v) is 0.333. The van der Waals surface area contributed by atoms with Gasteiger partial charge in [0.1, 0.15) is 0 Å². The van der Waals surface area contributed by atoms with Crippen LogP contribution in [-0.2, 0) is 9.47 Å². The minimum atomic E-state index is -0.745. The maximum absolute atomic E-state index is 8.55. The van der Waals surface area contributed by atoms with Crippen molar-refractivity contribution in [2.45, 2.75) is 26.4 Å². The molecule has 0 saturated carbocycles. The Labute approximate surface area is 98.0 Å². The Morgan fingerprint density at radius 3 is 1.64 bits per heavy atom. The molecule has 0 saturated heterocycles. The van der Waals surface area contributed by atoms with Crippen LogP contribution in [-0.4, -0.2) is 62.5 Å². The quantitative estimate of drug-likeness (QED) is 0.459. The van der Waals surface area contributed by atoms with Gasteiger partial charge in [-0.1, -0.05) is 0 Å². The molecule has 62 valence electrons. The van der Waals surface area contributed by atoms with E-state index in [1.54, 1.807) is 6.92 Å². The number of hydrogen-bond acceptors (Lipinski definition) is 3. The van der Waals surface area contributed by atoms with Crippen molar-refractivity contribution in [3.05, 3.63) is 0 Å². The van der Waals surface area contributed by atoms with Gasteiger partial charge < -0.3 is 14.6 Å². The van der Waals surface area contributed by atoms with Crippen LogP contribution in [0.4, 0.5) is 0 Å². The first kappa shape index (κ1) is 22.8. The van der Waals surface area contributed by atoms with Crippen molar-refractivity contribution in [2.24, 2.45) is 0 Å². The van der Waals surface area contributed by atoms with Crippen LogP contribution in [0.25, 0.3) is 0 Å². The van der Waals surface area contributed by atoms with Gasteiger partial charge in [-0.3, -0.25) is 0 Å². The molecule has 0 spiro atoms. The van der Waals surface area contributed by atoms with Crippen molar-refractivity contribution in [1.82, 2.24) is 0 Å². The predicted octanol–water partition coefficient (Wildman–Crippen LogP) is -0.542. The van der Waals surface area contributed by atoms with E-state index in [1.165, 1.54) is 14.0 Å². The number of rotatable bonds is 3. The normalized spacial score (nSPS) is 13.1. The maximum atomic E-state index is 8.55. The second kappa shape index (κ2) is 13.9. The van der Waals surface area contributed by atoms with Gasteiger partial charge in [-0.2, -0.15) is 0 Å². The van der Waals surface area contributed by atoms with Gasteiger partial charge in [-0.05, 0) is 13.8 Å². The molecule has 6 heteroatoms. The van der Waals surface area contributed by atoms with E-state index in [9.17, 15) is 0 Å². The van der Waals surface area contributed by atoms with Crippen molar-refractivity contribution in [1.29, 1.82) is 0 Å².